The van der Waals surface area contributed by atoms with Crippen LogP contribution in [0.15, 0.2) is 4.99 Å². The summed E-state index contributed by atoms with van der Waals surface area (Å²) in [4.78, 5) is 9.26. The smallest absolute Gasteiger partial charge is 0.191 e. The van der Waals surface area contributed by atoms with Gasteiger partial charge in [0.2, 0.25) is 0 Å². The number of hydrogen-bond donors (Lipinski definition) is 2. The average molecular weight is 490 g/mol. The first-order valence-electron chi connectivity index (χ1n) is 9.88. The molecule has 0 amide bonds. The van der Waals surface area contributed by atoms with E-state index in [1.807, 2.05) is 0 Å². The number of fused-ring (bicyclic) bond motifs is 1. The summed E-state index contributed by atoms with van der Waals surface area (Å²) in [6.07, 6.45) is 3.88. The Labute approximate surface area is 180 Å². The summed E-state index contributed by atoms with van der Waals surface area (Å²) < 4.78 is 7.80. The molecule has 2 aliphatic rings. The third kappa shape index (κ3) is 4.26. The molecular weight excluding hydrogens is 455 g/mol. The molecule has 3 unspecified atom stereocenters. The fourth-order valence-electron chi connectivity index (χ4n) is 4.00. The van der Waals surface area contributed by atoms with Gasteiger partial charge in [-0.1, -0.05) is 20.8 Å². The predicted octanol–water partition coefficient (Wildman–Crippen LogP) is 2.53. The Morgan fingerprint density at radius 1 is 1.30 bits per heavy atom. The van der Waals surface area contributed by atoms with Gasteiger partial charge in [-0.3, -0.25) is 4.99 Å². The van der Waals surface area contributed by atoms with Crippen LogP contribution in [0.25, 0.3) is 0 Å². The predicted molar refractivity (Wildman–Crippen MR) is 119 cm³/mol. The zero-order valence-electron chi connectivity index (χ0n) is 17.5. The highest BCUT2D eigenvalue weighted by Crippen LogP contribution is 2.51. The maximum absolute atomic E-state index is 5.74. The van der Waals surface area contributed by atoms with E-state index < -0.39 is 0 Å². The van der Waals surface area contributed by atoms with Crippen molar-refractivity contribution in [2.75, 3.05) is 13.7 Å². The number of nitrogens with one attached hydrogen (secondary N) is 2. The zero-order valence-corrected chi connectivity index (χ0v) is 19.8. The van der Waals surface area contributed by atoms with Gasteiger partial charge in [-0.25, -0.2) is 9.67 Å². The molecule has 1 aromatic heterocycles. The molecule has 3 rings (SSSR count). The summed E-state index contributed by atoms with van der Waals surface area (Å²) in [5.41, 5.74) is -0.0291. The van der Waals surface area contributed by atoms with Gasteiger partial charge in [-0.2, -0.15) is 5.10 Å². The minimum Gasteiger partial charge on any atom is -0.378 e. The molecule has 1 saturated carbocycles. The molecule has 0 aromatic carbocycles. The Morgan fingerprint density at radius 2 is 2.04 bits per heavy atom. The van der Waals surface area contributed by atoms with Crippen molar-refractivity contribution in [3.05, 3.63) is 11.6 Å². The summed E-state index contributed by atoms with van der Waals surface area (Å²) >= 11 is 0. The van der Waals surface area contributed by atoms with E-state index in [0.29, 0.717) is 12.1 Å². The highest BCUT2D eigenvalue weighted by Gasteiger charge is 2.58. The largest absolute Gasteiger partial charge is 0.378 e. The molecule has 1 aliphatic carbocycles. The first kappa shape index (κ1) is 22.4. The van der Waals surface area contributed by atoms with Crippen LogP contribution in [0.4, 0.5) is 0 Å². The van der Waals surface area contributed by atoms with Crippen LogP contribution in [0.3, 0.4) is 0 Å². The number of methoxy groups -OCH3 is 1. The first-order valence-corrected chi connectivity index (χ1v) is 9.88. The number of hydrogen-bond acceptors (Lipinski definition) is 4. The molecule has 0 spiro atoms. The van der Waals surface area contributed by atoms with Gasteiger partial charge < -0.3 is 15.4 Å². The van der Waals surface area contributed by atoms with Crippen LogP contribution >= 0.6 is 24.0 Å². The van der Waals surface area contributed by atoms with E-state index in [1.165, 1.54) is 0 Å². The average Bonchev–Trinajstić information content (AvgIpc) is 3.03. The van der Waals surface area contributed by atoms with Crippen molar-refractivity contribution < 1.29 is 4.74 Å². The summed E-state index contributed by atoms with van der Waals surface area (Å²) in [7, 11) is 1.81. The van der Waals surface area contributed by atoms with E-state index in [0.717, 1.165) is 56.4 Å². The van der Waals surface area contributed by atoms with Gasteiger partial charge in [0.25, 0.3) is 0 Å². The standard InChI is InChI=1S/C19H34N6O.HI/c1-7-15-23-16-10-9-13(12-25(16)24-15)21-17(20-8-2)22-14-11-19(5,26-6)18(14,3)4;/h13-14H,7-12H2,1-6H3,(H2,20,21,22);1H. The van der Waals surface area contributed by atoms with Crippen LogP contribution in [0.2, 0.25) is 0 Å². The van der Waals surface area contributed by atoms with Crippen molar-refractivity contribution in [2.45, 2.75) is 84.5 Å². The van der Waals surface area contributed by atoms with Crippen LogP contribution in [-0.4, -0.2) is 52.1 Å². The quantitative estimate of drug-likeness (QED) is 0.377. The van der Waals surface area contributed by atoms with Gasteiger partial charge >= 0.3 is 0 Å². The third-order valence-electron chi connectivity index (χ3n) is 6.46. The maximum Gasteiger partial charge on any atom is 0.191 e. The molecular formula is C19H35IN6O. The van der Waals surface area contributed by atoms with Crippen LogP contribution in [-0.2, 0) is 24.1 Å². The Balaban J connectivity index is 0.00000261. The molecule has 2 N–H and O–H groups in total. The zero-order chi connectivity index (χ0) is 18.9. The van der Waals surface area contributed by atoms with Crippen molar-refractivity contribution in [3.63, 3.8) is 0 Å². The van der Waals surface area contributed by atoms with Gasteiger partial charge in [-0.05, 0) is 26.7 Å². The third-order valence-corrected chi connectivity index (χ3v) is 6.46. The second-order valence-corrected chi connectivity index (χ2v) is 8.24. The lowest BCUT2D eigenvalue weighted by atomic mass is 9.56. The number of nitrogens with zero attached hydrogens (tertiary/aromatic N) is 4. The van der Waals surface area contributed by atoms with Gasteiger partial charge in [0.05, 0.1) is 12.1 Å². The van der Waals surface area contributed by atoms with Crippen molar-refractivity contribution in [1.82, 2.24) is 25.4 Å². The van der Waals surface area contributed by atoms with E-state index in [2.05, 4.69) is 65.0 Å². The molecule has 7 nitrogen and oxygen atoms in total. The normalized spacial score (nSPS) is 29.3. The monoisotopic (exact) mass is 490 g/mol. The number of rotatable bonds is 5. The van der Waals surface area contributed by atoms with Crippen LogP contribution in [0.5, 0.6) is 0 Å². The minimum atomic E-state index is -0.0843. The molecule has 0 saturated heterocycles. The molecule has 8 heteroatoms. The molecule has 154 valence electrons. The van der Waals surface area contributed by atoms with Gasteiger partial charge in [-0.15, -0.1) is 24.0 Å². The summed E-state index contributed by atoms with van der Waals surface area (Å²) in [6.45, 7) is 12.5. The summed E-state index contributed by atoms with van der Waals surface area (Å²) in [5, 5.41) is 11.9. The van der Waals surface area contributed by atoms with Crippen molar-refractivity contribution in [1.29, 1.82) is 0 Å². The van der Waals surface area contributed by atoms with Gasteiger partial charge in [0.1, 0.15) is 5.82 Å². The van der Waals surface area contributed by atoms with E-state index in [1.54, 1.807) is 7.11 Å². The Morgan fingerprint density at radius 3 is 2.63 bits per heavy atom. The highest BCUT2D eigenvalue weighted by atomic mass is 127. The van der Waals surface area contributed by atoms with Crippen LogP contribution < -0.4 is 10.6 Å². The lowest BCUT2D eigenvalue weighted by Gasteiger charge is -2.59. The van der Waals surface area contributed by atoms with Crippen molar-refractivity contribution in [3.8, 4) is 0 Å². The number of ether oxygens (including phenoxy) is 1. The minimum absolute atomic E-state index is 0. The first-order chi connectivity index (χ1) is 12.3. The molecule has 1 aliphatic heterocycles. The molecule has 27 heavy (non-hydrogen) atoms. The molecule has 3 atom stereocenters. The van der Waals surface area contributed by atoms with Crippen molar-refractivity contribution in [2.24, 2.45) is 10.4 Å². The van der Waals surface area contributed by atoms with E-state index in [4.69, 9.17) is 4.74 Å². The van der Waals surface area contributed by atoms with E-state index in [-0.39, 0.29) is 35.0 Å². The molecule has 0 radical (unpaired) electrons. The molecule has 1 fully saturated rings. The highest BCUT2D eigenvalue weighted by molar-refractivity contribution is 14.0. The topological polar surface area (TPSA) is 76.4 Å². The fraction of sp³-hybridized carbons (Fsp3) is 0.842. The summed E-state index contributed by atoms with van der Waals surface area (Å²) in [6, 6.07) is 0.672. The lowest BCUT2D eigenvalue weighted by molar-refractivity contribution is -0.176. The Hall–Kier alpha value is -0.900. The van der Waals surface area contributed by atoms with Crippen molar-refractivity contribution >= 4 is 29.9 Å². The molecule has 2 heterocycles. The number of aryl methyl sites for hydroxylation is 2. The number of guanidine groups is 1. The SMILES string of the molecule is CCN=C(NC1CCc2nc(CC)nn2C1)NC1CC(C)(OC)C1(C)C.I. The van der Waals surface area contributed by atoms with E-state index >= 15 is 0 Å². The summed E-state index contributed by atoms with van der Waals surface area (Å²) in [5.74, 6) is 2.95. The molecule has 0 bridgehead atoms. The second-order valence-electron chi connectivity index (χ2n) is 8.24. The fourth-order valence-corrected chi connectivity index (χ4v) is 4.00. The Bertz CT molecular complexity index is 673. The molecule has 1 aromatic rings. The number of aliphatic imine (C=N–C) groups is 1. The van der Waals surface area contributed by atoms with Gasteiger partial charge in [0, 0.05) is 44.0 Å². The van der Waals surface area contributed by atoms with Crippen LogP contribution in [0, 0.1) is 5.41 Å². The lowest BCUT2D eigenvalue weighted by Crippen LogP contribution is -2.70. The Kier molecular flexibility index (Phi) is 7.16. The second kappa shape index (κ2) is 8.63. The number of aromatic nitrogens is 3. The van der Waals surface area contributed by atoms with Crippen LogP contribution in [0.1, 0.15) is 59.1 Å². The number of halogens is 1. The maximum atomic E-state index is 5.74. The van der Waals surface area contributed by atoms with Gasteiger partial charge in [0.15, 0.2) is 11.8 Å². The van der Waals surface area contributed by atoms with E-state index in [9.17, 15) is 0 Å².